The molecule has 0 N–H and O–H groups in total. The Hall–Kier alpha value is -3.02. The van der Waals surface area contributed by atoms with E-state index in [0.717, 1.165) is 22.6 Å². The van der Waals surface area contributed by atoms with Crippen molar-refractivity contribution in [3.05, 3.63) is 59.4 Å². The fourth-order valence-corrected chi connectivity index (χ4v) is 3.41. The maximum Gasteiger partial charge on any atom is 0.280 e. The molecule has 0 aliphatic carbocycles. The number of pyridine rings is 1. The van der Waals surface area contributed by atoms with Crippen LogP contribution in [-0.2, 0) is 11.2 Å². The summed E-state index contributed by atoms with van der Waals surface area (Å²) in [5, 5.41) is 0. The van der Waals surface area contributed by atoms with E-state index < -0.39 is 11.8 Å². The van der Waals surface area contributed by atoms with Gasteiger partial charge in [0.05, 0.1) is 5.56 Å². The van der Waals surface area contributed by atoms with Crippen molar-refractivity contribution < 1.29 is 14.4 Å². The Morgan fingerprint density at radius 1 is 1.17 bits per heavy atom. The van der Waals surface area contributed by atoms with Gasteiger partial charge in [0.2, 0.25) is 5.91 Å². The Kier molecular flexibility index (Phi) is 3.19. The molecule has 0 spiro atoms. The van der Waals surface area contributed by atoms with E-state index in [0.29, 0.717) is 0 Å². The molecule has 0 fully saturated rings. The molecular formula is C18H15N3O3. The van der Waals surface area contributed by atoms with Gasteiger partial charge in [0.25, 0.3) is 11.8 Å². The van der Waals surface area contributed by atoms with Crippen molar-refractivity contribution in [3.8, 4) is 0 Å². The van der Waals surface area contributed by atoms with Crippen molar-refractivity contribution in [2.45, 2.75) is 19.4 Å². The molecule has 1 aromatic carbocycles. The van der Waals surface area contributed by atoms with Crippen LogP contribution in [0.4, 0.5) is 5.69 Å². The number of para-hydroxylation sites is 1. The van der Waals surface area contributed by atoms with Gasteiger partial charge in [-0.05, 0) is 37.1 Å². The first kappa shape index (κ1) is 14.6. The van der Waals surface area contributed by atoms with Gasteiger partial charge in [-0.15, -0.1) is 0 Å². The lowest BCUT2D eigenvalue weighted by Gasteiger charge is -2.24. The highest BCUT2D eigenvalue weighted by Crippen LogP contribution is 2.32. The Morgan fingerprint density at radius 2 is 1.96 bits per heavy atom. The summed E-state index contributed by atoms with van der Waals surface area (Å²) in [5.41, 5.74) is 2.32. The Labute approximate surface area is 138 Å². The predicted molar refractivity (Wildman–Crippen MR) is 86.7 cm³/mol. The predicted octanol–water partition coefficient (Wildman–Crippen LogP) is 1.66. The highest BCUT2D eigenvalue weighted by Gasteiger charge is 2.40. The standard InChI is InChI=1S/C18H15N3O3/c1-11-9-12-5-2-3-7-14(12)21(11)15(22)10-20-17(23)13-6-4-8-19-16(13)18(20)24/h2-8,11H,9-10H2,1H3. The first-order valence-electron chi connectivity index (χ1n) is 7.79. The third-order valence-corrected chi connectivity index (χ3v) is 4.50. The van der Waals surface area contributed by atoms with Crippen LogP contribution in [0.15, 0.2) is 42.6 Å². The number of aromatic nitrogens is 1. The minimum atomic E-state index is -0.510. The topological polar surface area (TPSA) is 70.6 Å². The van der Waals surface area contributed by atoms with Crippen LogP contribution >= 0.6 is 0 Å². The molecule has 6 nitrogen and oxygen atoms in total. The van der Waals surface area contributed by atoms with Crippen LogP contribution in [0.25, 0.3) is 0 Å². The summed E-state index contributed by atoms with van der Waals surface area (Å²) in [4.78, 5) is 44.1. The number of hydrogen-bond acceptors (Lipinski definition) is 4. The van der Waals surface area contributed by atoms with E-state index >= 15 is 0 Å². The summed E-state index contributed by atoms with van der Waals surface area (Å²) in [6, 6.07) is 10.9. The molecule has 2 aliphatic heterocycles. The fourth-order valence-electron chi connectivity index (χ4n) is 3.41. The number of amides is 3. The molecular weight excluding hydrogens is 306 g/mol. The van der Waals surface area contributed by atoms with E-state index in [-0.39, 0.29) is 29.8 Å². The van der Waals surface area contributed by atoms with Crippen LogP contribution in [-0.4, -0.2) is 40.2 Å². The molecule has 3 heterocycles. The summed E-state index contributed by atoms with van der Waals surface area (Å²) < 4.78 is 0. The summed E-state index contributed by atoms with van der Waals surface area (Å²) in [6.45, 7) is 1.69. The van der Waals surface area contributed by atoms with Crippen molar-refractivity contribution in [2.75, 3.05) is 11.4 Å². The van der Waals surface area contributed by atoms with Gasteiger partial charge in [-0.3, -0.25) is 24.3 Å². The van der Waals surface area contributed by atoms with Crippen molar-refractivity contribution in [2.24, 2.45) is 0 Å². The van der Waals surface area contributed by atoms with Gasteiger partial charge in [0.15, 0.2) is 0 Å². The maximum absolute atomic E-state index is 12.8. The molecule has 0 bridgehead atoms. The second-order valence-corrected chi connectivity index (χ2v) is 6.04. The first-order valence-corrected chi connectivity index (χ1v) is 7.79. The lowest BCUT2D eigenvalue weighted by molar-refractivity contribution is -0.119. The normalized spacial score (nSPS) is 18.8. The summed E-state index contributed by atoms with van der Waals surface area (Å²) >= 11 is 0. The Balaban J connectivity index is 1.60. The number of hydrogen-bond donors (Lipinski definition) is 0. The molecule has 0 saturated heterocycles. The molecule has 6 heteroatoms. The van der Waals surface area contributed by atoms with Crippen LogP contribution in [0.3, 0.4) is 0 Å². The molecule has 24 heavy (non-hydrogen) atoms. The van der Waals surface area contributed by atoms with Gasteiger partial charge in [-0.25, -0.2) is 0 Å². The van der Waals surface area contributed by atoms with Crippen LogP contribution in [0.2, 0.25) is 0 Å². The average molecular weight is 321 g/mol. The van der Waals surface area contributed by atoms with E-state index in [1.807, 2.05) is 31.2 Å². The molecule has 0 radical (unpaired) electrons. The lowest BCUT2D eigenvalue weighted by atomic mass is 10.1. The van der Waals surface area contributed by atoms with E-state index in [4.69, 9.17) is 0 Å². The molecule has 1 atom stereocenters. The molecule has 3 amide bonds. The molecule has 4 rings (SSSR count). The SMILES string of the molecule is CC1Cc2ccccc2N1C(=O)CN1C(=O)c2cccnc2C1=O. The zero-order valence-electron chi connectivity index (χ0n) is 13.1. The summed E-state index contributed by atoms with van der Waals surface area (Å²) in [7, 11) is 0. The smallest absolute Gasteiger partial charge is 0.280 e. The monoisotopic (exact) mass is 321 g/mol. The zero-order chi connectivity index (χ0) is 16.8. The van der Waals surface area contributed by atoms with Gasteiger partial charge >= 0.3 is 0 Å². The van der Waals surface area contributed by atoms with Crippen molar-refractivity contribution in [3.63, 3.8) is 0 Å². The quantitative estimate of drug-likeness (QED) is 0.789. The highest BCUT2D eigenvalue weighted by molar-refractivity contribution is 6.22. The number of carbonyl (C=O) groups excluding carboxylic acids is 3. The Morgan fingerprint density at radius 3 is 2.75 bits per heavy atom. The van der Waals surface area contributed by atoms with Gasteiger partial charge in [-0.2, -0.15) is 0 Å². The number of fused-ring (bicyclic) bond motifs is 2. The second kappa shape index (κ2) is 5.26. The van der Waals surface area contributed by atoms with E-state index in [1.54, 1.807) is 17.0 Å². The second-order valence-electron chi connectivity index (χ2n) is 6.04. The minimum Gasteiger partial charge on any atom is -0.307 e. The number of benzene rings is 1. The third-order valence-electron chi connectivity index (χ3n) is 4.50. The minimum absolute atomic E-state index is 0.00297. The number of carbonyl (C=O) groups is 3. The molecule has 120 valence electrons. The van der Waals surface area contributed by atoms with Crippen LogP contribution in [0.5, 0.6) is 0 Å². The van der Waals surface area contributed by atoms with Crippen molar-refractivity contribution in [1.29, 1.82) is 0 Å². The van der Waals surface area contributed by atoms with Crippen LogP contribution in [0.1, 0.15) is 33.3 Å². The number of anilines is 1. The molecule has 0 saturated carbocycles. The van der Waals surface area contributed by atoms with Crippen molar-refractivity contribution >= 4 is 23.4 Å². The first-order chi connectivity index (χ1) is 11.6. The molecule has 2 aromatic rings. The fraction of sp³-hybridized carbons (Fsp3) is 0.222. The largest absolute Gasteiger partial charge is 0.307 e. The highest BCUT2D eigenvalue weighted by atomic mass is 16.2. The third kappa shape index (κ3) is 2.03. The lowest BCUT2D eigenvalue weighted by Crippen LogP contribution is -2.45. The van der Waals surface area contributed by atoms with Gasteiger partial charge in [-0.1, -0.05) is 18.2 Å². The molecule has 1 aromatic heterocycles. The van der Waals surface area contributed by atoms with Gasteiger partial charge in [0.1, 0.15) is 12.2 Å². The summed E-state index contributed by atoms with van der Waals surface area (Å²) in [5.74, 6) is -1.23. The number of nitrogens with zero attached hydrogens (tertiary/aromatic N) is 3. The maximum atomic E-state index is 12.8. The van der Waals surface area contributed by atoms with E-state index in [9.17, 15) is 14.4 Å². The van der Waals surface area contributed by atoms with Crippen LogP contribution < -0.4 is 4.90 Å². The average Bonchev–Trinajstić information content (AvgIpc) is 3.04. The van der Waals surface area contributed by atoms with E-state index in [2.05, 4.69) is 4.98 Å². The zero-order valence-corrected chi connectivity index (χ0v) is 13.1. The van der Waals surface area contributed by atoms with Gasteiger partial charge in [0, 0.05) is 17.9 Å². The van der Waals surface area contributed by atoms with Gasteiger partial charge < -0.3 is 4.90 Å². The molecule has 1 unspecified atom stereocenters. The van der Waals surface area contributed by atoms with Crippen LogP contribution in [0, 0.1) is 0 Å². The summed E-state index contributed by atoms with van der Waals surface area (Å²) in [6.07, 6.45) is 2.24. The number of rotatable bonds is 2. The molecule has 2 aliphatic rings. The van der Waals surface area contributed by atoms with Crippen molar-refractivity contribution in [1.82, 2.24) is 9.88 Å². The Bertz CT molecular complexity index is 842. The number of imide groups is 1. The van der Waals surface area contributed by atoms with E-state index in [1.165, 1.54) is 6.20 Å².